The van der Waals surface area contributed by atoms with Gasteiger partial charge in [0, 0.05) is 18.7 Å². The maximum atomic E-state index is 4.47. The molecule has 108 valence electrons. The van der Waals surface area contributed by atoms with E-state index in [1.165, 1.54) is 0 Å². The summed E-state index contributed by atoms with van der Waals surface area (Å²) in [6, 6.07) is 6.53. The summed E-state index contributed by atoms with van der Waals surface area (Å²) in [7, 11) is 0. The fourth-order valence-corrected chi connectivity index (χ4v) is 2.22. The Labute approximate surface area is 120 Å². The van der Waals surface area contributed by atoms with Gasteiger partial charge in [-0.05, 0) is 38.9 Å². The molecule has 0 aromatic carbocycles. The van der Waals surface area contributed by atoms with Crippen molar-refractivity contribution in [3.8, 4) is 0 Å². The molecule has 1 N–H and O–H groups in total. The van der Waals surface area contributed by atoms with Crippen LogP contribution < -0.4 is 5.32 Å². The summed E-state index contributed by atoms with van der Waals surface area (Å²) < 4.78 is 1.98. The van der Waals surface area contributed by atoms with Crippen molar-refractivity contribution < 1.29 is 0 Å². The minimum atomic E-state index is 0.179. The van der Waals surface area contributed by atoms with E-state index >= 15 is 0 Å². The van der Waals surface area contributed by atoms with Gasteiger partial charge in [-0.25, -0.2) is 9.67 Å². The lowest BCUT2D eigenvalue weighted by atomic mass is 10.1. The smallest absolute Gasteiger partial charge is 0.138 e. The van der Waals surface area contributed by atoms with Gasteiger partial charge in [-0.1, -0.05) is 13.0 Å². The monoisotopic (exact) mass is 273 g/mol. The highest BCUT2D eigenvalue weighted by molar-refractivity contribution is 5.11. The van der Waals surface area contributed by atoms with E-state index in [0.29, 0.717) is 6.04 Å². The lowest BCUT2D eigenvalue weighted by molar-refractivity contribution is 0.458. The third-order valence-electron chi connectivity index (χ3n) is 3.21. The molecule has 0 aliphatic carbocycles. The van der Waals surface area contributed by atoms with Crippen molar-refractivity contribution in [1.29, 1.82) is 0 Å². The van der Waals surface area contributed by atoms with Gasteiger partial charge in [0.1, 0.15) is 12.2 Å². The largest absolute Gasteiger partial charge is 0.308 e. The predicted octanol–water partition coefficient (Wildman–Crippen LogP) is 2.54. The van der Waals surface area contributed by atoms with Crippen molar-refractivity contribution in [1.82, 2.24) is 25.1 Å². The van der Waals surface area contributed by atoms with Crippen LogP contribution in [0.3, 0.4) is 0 Å². The SMILES string of the molecule is CCCNC(Cc1ncnn1C(C)C)c1ccccn1. The highest BCUT2D eigenvalue weighted by Crippen LogP contribution is 2.17. The Morgan fingerprint density at radius 2 is 2.10 bits per heavy atom. The van der Waals surface area contributed by atoms with E-state index in [9.17, 15) is 0 Å². The number of hydrogen-bond donors (Lipinski definition) is 1. The van der Waals surface area contributed by atoms with Crippen LogP contribution in [-0.2, 0) is 6.42 Å². The lowest BCUT2D eigenvalue weighted by Gasteiger charge is -2.18. The molecule has 0 bridgehead atoms. The second-order valence-electron chi connectivity index (χ2n) is 5.18. The molecule has 0 spiro atoms. The second kappa shape index (κ2) is 7.14. The number of aromatic nitrogens is 4. The summed E-state index contributed by atoms with van der Waals surface area (Å²) in [6.07, 6.45) is 5.36. The number of nitrogens with one attached hydrogen (secondary N) is 1. The Balaban J connectivity index is 2.17. The van der Waals surface area contributed by atoms with E-state index in [1.54, 1.807) is 6.33 Å². The number of pyridine rings is 1. The van der Waals surface area contributed by atoms with Gasteiger partial charge in [0.05, 0.1) is 11.7 Å². The molecule has 5 nitrogen and oxygen atoms in total. The molecular formula is C15H23N5. The van der Waals surface area contributed by atoms with Crippen molar-refractivity contribution >= 4 is 0 Å². The van der Waals surface area contributed by atoms with E-state index in [0.717, 1.165) is 30.9 Å². The minimum absolute atomic E-state index is 0.179. The normalized spacial score (nSPS) is 12.8. The van der Waals surface area contributed by atoms with E-state index in [2.05, 4.69) is 47.2 Å². The highest BCUT2D eigenvalue weighted by Gasteiger charge is 2.17. The minimum Gasteiger partial charge on any atom is -0.308 e. The summed E-state index contributed by atoms with van der Waals surface area (Å²) in [5.41, 5.74) is 1.05. The topological polar surface area (TPSA) is 55.6 Å². The first-order valence-corrected chi connectivity index (χ1v) is 7.25. The first-order chi connectivity index (χ1) is 9.72. The molecule has 0 radical (unpaired) electrons. The standard InChI is InChI=1S/C15H23N5/c1-4-8-16-14(13-7-5-6-9-17-13)10-15-18-11-19-20(15)12(2)3/h5-7,9,11-12,14,16H,4,8,10H2,1-3H3. The van der Waals surface area contributed by atoms with Crippen LogP contribution in [0.1, 0.15) is 50.8 Å². The molecule has 2 rings (SSSR count). The van der Waals surface area contributed by atoms with Gasteiger partial charge < -0.3 is 5.32 Å². The Hall–Kier alpha value is -1.75. The average molecular weight is 273 g/mol. The zero-order chi connectivity index (χ0) is 14.4. The van der Waals surface area contributed by atoms with E-state index in [1.807, 2.05) is 23.0 Å². The van der Waals surface area contributed by atoms with Gasteiger partial charge in [0.2, 0.25) is 0 Å². The molecule has 0 aliphatic rings. The summed E-state index contributed by atoms with van der Waals surface area (Å²) >= 11 is 0. The van der Waals surface area contributed by atoms with Crippen LogP contribution in [-0.4, -0.2) is 26.3 Å². The zero-order valence-electron chi connectivity index (χ0n) is 12.5. The first kappa shape index (κ1) is 14.7. The summed E-state index contributed by atoms with van der Waals surface area (Å²) in [4.78, 5) is 8.86. The van der Waals surface area contributed by atoms with Crippen LogP contribution in [0.4, 0.5) is 0 Å². The fourth-order valence-electron chi connectivity index (χ4n) is 2.22. The van der Waals surface area contributed by atoms with Crippen LogP contribution in [0.25, 0.3) is 0 Å². The maximum absolute atomic E-state index is 4.47. The van der Waals surface area contributed by atoms with Gasteiger partial charge in [-0.3, -0.25) is 4.98 Å². The van der Waals surface area contributed by atoms with Crippen molar-refractivity contribution in [2.45, 2.75) is 45.7 Å². The number of hydrogen-bond acceptors (Lipinski definition) is 4. The molecule has 0 amide bonds. The zero-order valence-corrected chi connectivity index (χ0v) is 12.5. The van der Waals surface area contributed by atoms with Crippen molar-refractivity contribution in [3.63, 3.8) is 0 Å². The van der Waals surface area contributed by atoms with Gasteiger partial charge >= 0.3 is 0 Å². The third-order valence-corrected chi connectivity index (χ3v) is 3.21. The molecular weight excluding hydrogens is 250 g/mol. The molecule has 1 unspecified atom stereocenters. The van der Waals surface area contributed by atoms with E-state index < -0.39 is 0 Å². The molecule has 2 aromatic heterocycles. The van der Waals surface area contributed by atoms with Crippen molar-refractivity contribution in [2.75, 3.05) is 6.54 Å². The molecule has 2 aromatic rings. The average Bonchev–Trinajstić information content (AvgIpc) is 2.92. The molecule has 0 fully saturated rings. The van der Waals surface area contributed by atoms with Gasteiger partial charge in [0.25, 0.3) is 0 Å². The van der Waals surface area contributed by atoms with Gasteiger partial charge in [0.15, 0.2) is 0 Å². The van der Waals surface area contributed by atoms with Crippen LogP contribution in [0.15, 0.2) is 30.7 Å². The third kappa shape index (κ3) is 3.63. The molecule has 20 heavy (non-hydrogen) atoms. The van der Waals surface area contributed by atoms with Crippen molar-refractivity contribution in [2.24, 2.45) is 0 Å². The van der Waals surface area contributed by atoms with Gasteiger partial charge in [-0.2, -0.15) is 5.10 Å². The first-order valence-electron chi connectivity index (χ1n) is 7.25. The molecule has 0 aliphatic heterocycles. The van der Waals surface area contributed by atoms with E-state index in [-0.39, 0.29) is 6.04 Å². The Kier molecular flexibility index (Phi) is 5.24. The maximum Gasteiger partial charge on any atom is 0.138 e. The molecule has 5 heteroatoms. The Bertz CT molecular complexity index is 506. The second-order valence-corrected chi connectivity index (χ2v) is 5.18. The fraction of sp³-hybridized carbons (Fsp3) is 0.533. The summed E-state index contributed by atoms with van der Waals surface area (Å²) in [6.45, 7) is 7.37. The number of nitrogens with zero attached hydrogens (tertiary/aromatic N) is 4. The Morgan fingerprint density at radius 1 is 1.25 bits per heavy atom. The summed E-state index contributed by atoms with van der Waals surface area (Å²) in [5.74, 6) is 0.999. The highest BCUT2D eigenvalue weighted by atomic mass is 15.3. The summed E-state index contributed by atoms with van der Waals surface area (Å²) in [5, 5.41) is 7.85. The number of rotatable bonds is 7. The molecule has 2 heterocycles. The molecule has 0 saturated heterocycles. The van der Waals surface area contributed by atoms with Crippen LogP contribution in [0.5, 0.6) is 0 Å². The molecule has 0 saturated carbocycles. The van der Waals surface area contributed by atoms with Crippen LogP contribution in [0.2, 0.25) is 0 Å². The predicted molar refractivity (Wildman–Crippen MR) is 79.4 cm³/mol. The van der Waals surface area contributed by atoms with Crippen LogP contribution >= 0.6 is 0 Å². The van der Waals surface area contributed by atoms with Gasteiger partial charge in [-0.15, -0.1) is 0 Å². The van der Waals surface area contributed by atoms with Crippen LogP contribution in [0, 0.1) is 0 Å². The lowest BCUT2D eigenvalue weighted by Crippen LogP contribution is -2.26. The van der Waals surface area contributed by atoms with E-state index in [4.69, 9.17) is 0 Å². The Morgan fingerprint density at radius 3 is 2.75 bits per heavy atom. The van der Waals surface area contributed by atoms with Crippen molar-refractivity contribution in [3.05, 3.63) is 42.2 Å². The molecule has 1 atom stereocenters. The quantitative estimate of drug-likeness (QED) is 0.842.